The molecule has 7 N–H and O–H groups in total. The van der Waals surface area contributed by atoms with Gasteiger partial charge in [-0.15, -0.1) is 0 Å². The van der Waals surface area contributed by atoms with Crippen molar-refractivity contribution in [1.29, 1.82) is 0 Å². The predicted octanol–water partition coefficient (Wildman–Crippen LogP) is -4.36. The minimum Gasteiger partial charge on any atom is -0.480 e. The second-order valence-corrected chi connectivity index (χ2v) is 7.75. The van der Waals surface area contributed by atoms with Crippen molar-refractivity contribution in [1.82, 2.24) is 31.5 Å². The lowest BCUT2D eigenvalue weighted by Crippen LogP contribution is -2.53. The van der Waals surface area contributed by atoms with Crippen LogP contribution in [0, 0.1) is 0 Å². The molecule has 0 aromatic carbocycles. The summed E-state index contributed by atoms with van der Waals surface area (Å²) in [6.07, 6.45) is 2.43. The van der Waals surface area contributed by atoms with Crippen molar-refractivity contribution in [3.63, 3.8) is 0 Å². The fourth-order valence-corrected chi connectivity index (χ4v) is 3.59. The van der Waals surface area contributed by atoms with Crippen LogP contribution in [0.25, 0.3) is 0 Å². The van der Waals surface area contributed by atoms with E-state index < -0.39 is 61.4 Å². The van der Waals surface area contributed by atoms with Crippen LogP contribution in [0.1, 0.15) is 25.7 Å². The third-order valence-electron chi connectivity index (χ3n) is 5.35. The first kappa shape index (κ1) is 26.0. The lowest BCUT2D eigenvalue weighted by Gasteiger charge is -2.21. The zero-order valence-corrected chi connectivity index (χ0v) is 18.1. The number of nitrogens with zero attached hydrogens (tertiary/aromatic N) is 1. The quantitative estimate of drug-likeness (QED) is 0.155. The van der Waals surface area contributed by atoms with Crippen LogP contribution in [0.5, 0.6) is 0 Å². The van der Waals surface area contributed by atoms with E-state index in [1.165, 1.54) is 4.90 Å². The van der Waals surface area contributed by atoms with Crippen molar-refractivity contribution in [3.05, 3.63) is 0 Å². The Morgan fingerprint density at radius 1 is 0.939 bits per heavy atom. The molecule has 0 spiro atoms. The Balaban J connectivity index is 1.67. The highest BCUT2D eigenvalue weighted by Crippen LogP contribution is 2.17. The molecule has 0 unspecified atom stereocenters. The number of carboxylic acids is 1. The lowest BCUT2D eigenvalue weighted by atomic mass is 10.2. The maximum atomic E-state index is 12.1. The van der Waals surface area contributed by atoms with Gasteiger partial charge in [0.1, 0.15) is 12.1 Å². The Labute approximate surface area is 189 Å². The largest absolute Gasteiger partial charge is 0.480 e. The Morgan fingerprint density at radius 3 is 2.30 bits per heavy atom. The fraction of sp³-hybridized carbons (Fsp3) is 0.684. The van der Waals surface area contributed by atoms with Crippen LogP contribution in [0.3, 0.4) is 0 Å². The SMILES string of the molecule is O=C(CNC(=O)[C@H](CO)NC(=O)CNC(=O)[C@@H]1CCCN1)NCC(=O)N1CCC[C@H]1C(=O)O. The second-order valence-electron chi connectivity index (χ2n) is 7.75. The summed E-state index contributed by atoms with van der Waals surface area (Å²) in [5, 5.41) is 30.7. The Hall–Kier alpha value is -3.26. The van der Waals surface area contributed by atoms with E-state index in [2.05, 4.69) is 26.6 Å². The number of hydrogen-bond acceptors (Lipinski definition) is 8. The number of likely N-dealkylation sites (tertiary alicyclic amines) is 1. The number of nitrogens with one attached hydrogen (secondary N) is 5. The van der Waals surface area contributed by atoms with E-state index in [1.807, 2.05) is 0 Å². The number of aliphatic carboxylic acids is 1. The van der Waals surface area contributed by atoms with Crippen LogP contribution in [-0.4, -0.2) is 108 Å². The molecule has 3 atom stereocenters. The Bertz CT molecular complexity index is 769. The van der Waals surface area contributed by atoms with Crippen molar-refractivity contribution < 1.29 is 39.0 Å². The maximum absolute atomic E-state index is 12.1. The summed E-state index contributed by atoms with van der Waals surface area (Å²) in [7, 11) is 0. The van der Waals surface area contributed by atoms with Crippen LogP contribution < -0.4 is 26.6 Å². The highest BCUT2D eigenvalue weighted by atomic mass is 16.4. The minimum absolute atomic E-state index is 0.290. The van der Waals surface area contributed by atoms with Gasteiger partial charge < -0.3 is 41.7 Å². The van der Waals surface area contributed by atoms with Crippen molar-refractivity contribution in [2.24, 2.45) is 0 Å². The maximum Gasteiger partial charge on any atom is 0.326 e. The molecule has 0 aliphatic carbocycles. The highest BCUT2D eigenvalue weighted by Gasteiger charge is 2.33. The first-order valence-electron chi connectivity index (χ1n) is 10.7. The molecule has 2 rings (SSSR count). The van der Waals surface area contributed by atoms with Gasteiger partial charge in [-0.3, -0.25) is 24.0 Å². The number of carbonyl (C=O) groups excluding carboxylic acids is 5. The molecule has 5 amide bonds. The molecule has 14 heteroatoms. The van der Waals surface area contributed by atoms with E-state index in [0.29, 0.717) is 19.3 Å². The summed E-state index contributed by atoms with van der Waals surface area (Å²) in [4.78, 5) is 72.3. The summed E-state index contributed by atoms with van der Waals surface area (Å²) in [6.45, 7) is -1.05. The monoisotopic (exact) mass is 470 g/mol. The van der Waals surface area contributed by atoms with Crippen LogP contribution in [0.2, 0.25) is 0 Å². The van der Waals surface area contributed by atoms with Gasteiger partial charge in [-0.1, -0.05) is 0 Å². The van der Waals surface area contributed by atoms with Crippen LogP contribution >= 0.6 is 0 Å². The van der Waals surface area contributed by atoms with E-state index in [4.69, 9.17) is 5.11 Å². The molecular formula is C19H30N6O8. The van der Waals surface area contributed by atoms with Crippen molar-refractivity contribution in [3.8, 4) is 0 Å². The summed E-state index contributed by atoms with van der Waals surface area (Å²) < 4.78 is 0. The van der Waals surface area contributed by atoms with Gasteiger partial charge in [0, 0.05) is 6.54 Å². The number of amides is 5. The van der Waals surface area contributed by atoms with Gasteiger partial charge in [0.05, 0.1) is 32.3 Å². The molecular weight excluding hydrogens is 440 g/mol. The van der Waals surface area contributed by atoms with Crippen molar-refractivity contribution in [2.45, 2.75) is 43.8 Å². The summed E-state index contributed by atoms with van der Waals surface area (Å²) in [6, 6.07) is -2.61. The molecule has 0 bridgehead atoms. The topological polar surface area (TPSA) is 206 Å². The van der Waals surface area contributed by atoms with Gasteiger partial charge in [-0.05, 0) is 32.2 Å². The lowest BCUT2D eigenvalue weighted by molar-refractivity contribution is -0.148. The van der Waals surface area contributed by atoms with Crippen LogP contribution in [0.4, 0.5) is 0 Å². The average molecular weight is 470 g/mol. The van der Waals surface area contributed by atoms with Gasteiger partial charge in [0.25, 0.3) is 0 Å². The number of aliphatic hydroxyl groups excluding tert-OH is 1. The molecule has 2 heterocycles. The molecule has 0 radical (unpaired) electrons. The standard InChI is InChI=1S/C19H30N6O8/c26-10-12(24-15(28)8-23-17(30)11-3-1-5-20-11)18(31)22-7-14(27)21-9-16(29)25-6-2-4-13(25)19(32)33/h11-13,20,26H,1-10H2,(H,21,27)(H,22,31)(H,23,30)(H,24,28)(H,32,33)/t11-,12-,13-/m0/s1. The molecule has 2 fully saturated rings. The molecule has 0 aromatic rings. The van der Waals surface area contributed by atoms with Crippen LogP contribution in [0.15, 0.2) is 0 Å². The smallest absolute Gasteiger partial charge is 0.326 e. The highest BCUT2D eigenvalue weighted by molar-refractivity contribution is 5.93. The number of rotatable bonds is 11. The number of hydrogen-bond donors (Lipinski definition) is 7. The Morgan fingerprint density at radius 2 is 1.67 bits per heavy atom. The summed E-state index contributed by atoms with van der Waals surface area (Å²) in [5.41, 5.74) is 0. The van der Waals surface area contributed by atoms with Gasteiger partial charge in [-0.25, -0.2) is 4.79 Å². The first-order chi connectivity index (χ1) is 15.7. The fourth-order valence-electron chi connectivity index (χ4n) is 3.59. The summed E-state index contributed by atoms with van der Waals surface area (Å²) >= 11 is 0. The van der Waals surface area contributed by atoms with Crippen LogP contribution in [-0.2, 0) is 28.8 Å². The van der Waals surface area contributed by atoms with E-state index in [-0.39, 0.29) is 25.0 Å². The number of carboxylic acid groups (broad SMARTS) is 1. The van der Waals surface area contributed by atoms with Gasteiger partial charge in [0.2, 0.25) is 29.5 Å². The van der Waals surface area contributed by atoms with Crippen molar-refractivity contribution in [2.75, 3.05) is 39.3 Å². The van der Waals surface area contributed by atoms with E-state index in [9.17, 15) is 33.9 Å². The molecule has 33 heavy (non-hydrogen) atoms. The second kappa shape index (κ2) is 12.7. The van der Waals surface area contributed by atoms with E-state index in [0.717, 1.165) is 13.0 Å². The molecule has 184 valence electrons. The molecule has 2 saturated heterocycles. The third-order valence-corrected chi connectivity index (χ3v) is 5.35. The Kier molecular flexibility index (Phi) is 10.00. The normalized spacial score (nSPS) is 20.6. The zero-order chi connectivity index (χ0) is 24.4. The molecule has 14 nitrogen and oxygen atoms in total. The molecule has 2 aliphatic rings. The minimum atomic E-state index is -1.34. The van der Waals surface area contributed by atoms with Gasteiger partial charge in [0.15, 0.2) is 0 Å². The molecule has 0 saturated carbocycles. The predicted molar refractivity (Wildman–Crippen MR) is 111 cm³/mol. The zero-order valence-electron chi connectivity index (χ0n) is 18.1. The number of carbonyl (C=O) groups is 6. The average Bonchev–Trinajstić information content (AvgIpc) is 3.50. The van der Waals surface area contributed by atoms with Gasteiger partial charge in [-0.2, -0.15) is 0 Å². The number of aliphatic hydroxyl groups is 1. The summed E-state index contributed by atoms with van der Waals surface area (Å²) in [5.74, 6) is -4.21. The van der Waals surface area contributed by atoms with Gasteiger partial charge >= 0.3 is 5.97 Å². The molecule has 0 aromatic heterocycles. The molecule has 2 aliphatic heterocycles. The third kappa shape index (κ3) is 7.98. The van der Waals surface area contributed by atoms with E-state index >= 15 is 0 Å². The first-order valence-corrected chi connectivity index (χ1v) is 10.7. The van der Waals surface area contributed by atoms with E-state index in [1.54, 1.807) is 0 Å². The van der Waals surface area contributed by atoms with Crippen molar-refractivity contribution >= 4 is 35.5 Å².